The van der Waals surface area contributed by atoms with E-state index < -0.39 is 0 Å². The molecule has 0 heterocycles. The SMILES string of the molecule is CCC(C)C(=O)c1cccc(OC(C)=O)c1. The monoisotopic (exact) mass is 220 g/mol. The normalized spacial score (nSPS) is 11.9. The molecule has 0 saturated heterocycles. The Hall–Kier alpha value is -1.64. The molecule has 0 saturated carbocycles. The van der Waals surface area contributed by atoms with Crippen molar-refractivity contribution in [1.29, 1.82) is 0 Å². The number of ether oxygens (including phenoxy) is 1. The number of carbonyl (C=O) groups is 2. The lowest BCUT2D eigenvalue weighted by atomic mass is 9.97. The van der Waals surface area contributed by atoms with Crippen molar-refractivity contribution >= 4 is 11.8 Å². The molecule has 0 fully saturated rings. The van der Waals surface area contributed by atoms with Gasteiger partial charge in [-0.3, -0.25) is 9.59 Å². The molecular weight excluding hydrogens is 204 g/mol. The highest BCUT2D eigenvalue weighted by Gasteiger charge is 2.13. The Balaban J connectivity index is 2.89. The fourth-order valence-corrected chi connectivity index (χ4v) is 1.35. The van der Waals surface area contributed by atoms with Gasteiger partial charge in [-0.05, 0) is 18.6 Å². The first-order chi connectivity index (χ1) is 7.54. The molecule has 0 aliphatic carbocycles. The quantitative estimate of drug-likeness (QED) is 0.445. The van der Waals surface area contributed by atoms with Crippen LogP contribution in [0.4, 0.5) is 0 Å². The van der Waals surface area contributed by atoms with Crippen LogP contribution in [0.3, 0.4) is 0 Å². The summed E-state index contributed by atoms with van der Waals surface area (Å²) in [6.07, 6.45) is 0.802. The Morgan fingerprint density at radius 1 is 1.38 bits per heavy atom. The second-order valence-corrected chi connectivity index (χ2v) is 3.80. The van der Waals surface area contributed by atoms with Crippen LogP contribution in [0.5, 0.6) is 5.75 Å². The maximum Gasteiger partial charge on any atom is 0.308 e. The van der Waals surface area contributed by atoms with E-state index in [1.807, 2.05) is 13.8 Å². The lowest BCUT2D eigenvalue weighted by molar-refractivity contribution is -0.131. The summed E-state index contributed by atoms with van der Waals surface area (Å²) in [6, 6.07) is 6.72. The third-order valence-corrected chi connectivity index (χ3v) is 2.44. The van der Waals surface area contributed by atoms with E-state index in [4.69, 9.17) is 4.74 Å². The van der Waals surface area contributed by atoms with Gasteiger partial charge in [0, 0.05) is 18.4 Å². The van der Waals surface area contributed by atoms with E-state index in [0.717, 1.165) is 6.42 Å². The number of benzene rings is 1. The Bertz CT molecular complexity index is 396. The van der Waals surface area contributed by atoms with Crippen LogP contribution in [0.15, 0.2) is 24.3 Å². The molecule has 0 radical (unpaired) electrons. The van der Waals surface area contributed by atoms with Crippen molar-refractivity contribution in [2.75, 3.05) is 0 Å². The standard InChI is InChI=1S/C13H16O3/c1-4-9(2)13(15)11-6-5-7-12(8-11)16-10(3)14/h5-9H,4H2,1-3H3. The van der Waals surface area contributed by atoms with Gasteiger partial charge < -0.3 is 4.74 Å². The summed E-state index contributed by atoms with van der Waals surface area (Å²) in [4.78, 5) is 22.7. The molecule has 0 amide bonds. The minimum atomic E-state index is -0.381. The molecule has 1 aromatic carbocycles. The second kappa shape index (κ2) is 5.45. The van der Waals surface area contributed by atoms with E-state index in [0.29, 0.717) is 11.3 Å². The van der Waals surface area contributed by atoms with E-state index in [-0.39, 0.29) is 17.7 Å². The zero-order valence-corrected chi connectivity index (χ0v) is 9.82. The first-order valence-corrected chi connectivity index (χ1v) is 5.37. The summed E-state index contributed by atoms with van der Waals surface area (Å²) in [7, 11) is 0. The largest absolute Gasteiger partial charge is 0.427 e. The van der Waals surface area contributed by atoms with Crippen LogP contribution in [0.2, 0.25) is 0 Å². The van der Waals surface area contributed by atoms with Crippen LogP contribution in [0.25, 0.3) is 0 Å². The van der Waals surface area contributed by atoms with Crippen molar-refractivity contribution in [2.24, 2.45) is 5.92 Å². The predicted molar refractivity (Wildman–Crippen MR) is 61.5 cm³/mol. The summed E-state index contributed by atoms with van der Waals surface area (Å²) in [5, 5.41) is 0. The van der Waals surface area contributed by atoms with Gasteiger partial charge in [-0.2, -0.15) is 0 Å². The Morgan fingerprint density at radius 2 is 2.06 bits per heavy atom. The molecule has 86 valence electrons. The van der Waals surface area contributed by atoms with Crippen LogP contribution >= 0.6 is 0 Å². The van der Waals surface area contributed by atoms with Crippen molar-refractivity contribution in [2.45, 2.75) is 27.2 Å². The molecule has 1 unspecified atom stereocenters. The minimum Gasteiger partial charge on any atom is -0.427 e. The number of carbonyl (C=O) groups excluding carboxylic acids is 2. The lowest BCUT2D eigenvalue weighted by Crippen LogP contribution is -2.10. The number of hydrogen-bond donors (Lipinski definition) is 0. The average Bonchev–Trinajstić information content (AvgIpc) is 2.26. The highest BCUT2D eigenvalue weighted by molar-refractivity contribution is 5.98. The van der Waals surface area contributed by atoms with E-state index in [1.165, 1.54) is 6.92 Å². The summed E-state index contributed by atoms with van der Waals surface area (Å²) < 4.78 is 4.93. The summed E-state index contributed by atoms with van der Waals surface area (Å²) in [5.74, 6) is 0.110. The Kier molecular flexibility index (Phi) is 4.23. The molecule has 0 N–H and O–H groups in total. The molecule has 1 aromatic rings. The summed E-state index contributed by atoms with van der Waals surface area (Å²) >= 11 is 0. The van der Waals surface area contributed by atoms with E-state index in [2.05, 4.69) is 0 Å². The average molecular weight is 220 g/mol. The molecule has 0 aliphatic rings. The molecule has 0 aromatic heterocycles. The van der Waals surface area contributed by atoms with E-state index in [9.17, 15) is 9.59 Å². The van der Waals surface area contributed by atoms with Gasteiger partial charge >= 0.3 is 5.97 Å². The number of ketones is 1. The fraction of sp³-hybridized carbons (Fsp3) is 0.385. The molecule has 1 rings (SSSR count). The van der Waals surface area contributed by atoms with Gasteiger partial charge in [0.2, 0.25) is 0 Å². The van der Waals surface area contributed by atoms with Gasteiger partial charge in [-0.25, -0.2) is 0 Å². The van der Waals surface area contributed by atoms with Crippen LogP contribution in [0, 0.1) is 5.92 Å². The van der Waals surface area contributed by atoms with Crippen molar-refractivity contribution in [1.82, 2.24) is 0 Å². The number of esters is 1. The van der Waals surface area contributed by atoms with Gasteiger partial charge in [0.25, 0.3) is 0 Å². The highest BCUT2D eigenvalue weighted by atomic mass is 16.5. The third-order valence-electron chi connectivity index (χ3n) is 2.44. The van der Waals surface area contributed by atoms with Crippen molar-refractivity contribution < 1.29 is 14.3 Å². The topological polar surface area (TPSA) is 43.4 Å². The number of Topliss-reactive ketones (excluding diaryl/α,β-unsaturated/α-hetero) is 1. The van der Waals surface area contributed by atoms with Gasteiger partial charge in [0.15, 0.2) is 5.78 Å². The van der Waals surface area contributed by atoms with Gasteiger partial charge in [-0.15, -0.1) is 0 Å². The first kappa shape index (κ1) is 12.4. The first-order valence-electron chi connectivity index (χ1n) is 5.37. The summed E-state index contributed by atoms with van der Waals surface area (Å²) in [5.41, 5.74) is 0.591. The zero-order valence-electron chi connectivity index (χ0n) is 9.82. The minimum absolute atomic E-state index is 0.00687. The molecule has 3 nitrogen and oxygen atoms in total. The van der Waals surface area contributed by atoms with Gasteiger partial charge in [0.05, 0.1) is 0 Å². The van der Waals surface area contributed by atoms with Crippen molar-refractivity contribution in [3.8, 4) is 5.75 Å². The smallest absolute Gasteiger partial charge is 0.308 e. The molecular formula is C13H16O3. The van der Waals surface area contributed by atoms with Crippen molar-refractivity contribution in [3.05, 3.63) is 29.8 Å². The molecule has 0 bridgehead atoms. The van der Waals surface area contributed by atoms with E-state index >= 15 is 0 Å². The van der Waals surface area contributed by atoms with Crippen LogP contribution < -0.4 is 4.74 Å². The molecule has 3 heteroatoms. The summed E-state index contributed by atoms with van der Waals surface area (Å²) in [6.45, 7) is 5.20. The van der Waals surface area contributed by atoms with Gasteiger partial charge in [0.1, 0.15) is 5.75 Å². The zero-order chi connectivity index (χ0) is 12.1. The highest BCUT2D eigenvalue weighted by Crippen LogP contribution is 2.17. The molecule has 0 aliphatic heterocycles. The lowest BCUT2D eigenvalue weighted by Gasteiger charge is -2.08. The van der Waals surface area contributed by atoms with Crippen LogP contribution in [-0.4, -0.2) is 11.8 Å². The number of hydrogen-bond acceptors (Lipinski definition) is 3. The fourth-order valence-electron chi connectivity index (χ4n) is 1.35. The van der Waals surface area contributed by atoms with Crippen molar-refractivity contribution in [3.63, 3.8) is 0 Å². The van der Waals surface area contributed by atoms with E-state index in [1.54, 1.807) is 24.3 Å². The van der Waals surface area contributed by atoms with Crippen LogP contribution in [-0.2, 0) is 4.79 Å². The van der Waals surface area contributed by atoms with Gasteiger partial charge in [-0.1, -0.05) is 26.0 Å². The Morgan fingerprint density at radius 3 is 2.62 bits per heavy atom. The maximum atomic E-state index is 11.9. The molecule has 1 atom stereocenters. The molecule has 0 spiro atoms. The number of rotatable bonds is 4. The van der Waals surface area contributed by atoms with Crippen LogP contribution in [0.1, 0.15) is 37.6 Å². The molecule has 16 heavy (non-hydrogen) atoms. The Labute approximate surface area is 95.4 Å². The third kappa shape index (κ3) is 3.19. The maximum absolute atomic E-state index is 11.9. The second-order valence-electron chi connectivity index (χ2n) is 3.80. The predicted octanol–water partition coefficient (Wildman–Crippen LogP) is 2.84.